The van der Waals surface area contributed by atoms with Crippen molar-refractivity contribution >= 4 is 11.6 Å². The minimum atomic E-state index is 0.333. The predicted octanol–water partition coefficient (Wildman–Crippen LogP) is 2.48. The molecule has 0 spiro atoms. The van der Waals surface area contributed by atoms with Crippen molar-refractivity contribution in [2.24, 2.45) is 4.99 Å². The summed E-state index contributed by atoms with van der Waals surface area (Å²) in [7, 11) is 3.36. The summed E-state index contributed by atoms with van der Waals surface area (Å²) < 4.78 is 10.8. The molecule has 1 fully saturated rings. The number of aliphatic imine (C=N–C) groups is 1. The number of nitrogens with one attached hydrogen (secondary N) is 2. The molecule has 1 aliphatic heterocycles. The molecular weight excluding hydrogens is 366 g/mol. The smallest absolute Gasteiger partial charge is 0.191 e. The maximum atomic E-state index is 5.40. The van der Waals surface area contributed by atoms with Gasteiger partial charge in [-0.2, -0.15) is 0 Å². The highest BCUT2D eigenvalue weighted by atomic mass is 16.5. The summed E-state index contributed by atoms with van der Waals surface area (Å²) >= 11 is 0. The summed E-state index contributed by atoms with van der Waals surface area (Å²) in [6, 6.07) is 12.3. The van der Waals surface area contributed by atoms with Gasteiger partial charge in [-0.3, -0.25) is 9.98 Å². The van der Waals surface area contributed by atoms with Crippen LogP contribution in [0.3, 0.4) is 0 Å². The van der Waals surface area contributed by atoms with Crippen molar-refractivity contribution in [1.82, 2.24) is 15.6 Å². The van der Waals surface area contributed by atoms with Crippen molar-refractivity contribution in [2.75, 3.05) is 45.3 Å². The summed E-state index contributed by atoms with van der Waals surface area (Å²) in [5.41, 5.74) is 2.17. The lowest BCUT2D eigenvalue weighted by Gasteiger charge is -2.21. The van der Waals surface area contributed by atoms with Crippen LogP contribution < -0.4 is 25.0 Å². The zero-order chi connectivity index (χ0) is 20.5. The molecular formula is C22H31N5O2. The number of hydrogen-bond donors (Lipinski definition) is 2. The van der Waals surface area contributed by atoms with Gasteiger partial charge in [0, 0.05) is 74.4 Å². The molecule has 1 unspecified atom stereocenters. The molecule has 2 heterocycles. The van der Waals surface area contributed by atoms with Gasteiger partial charge in [0.2, 0.25) is 0 Å². The molecule has 1 aromatic carbocycles. The van der Waals surface area contributed by atoms with Crippen LogP contribution in [0.4, 0.5) is 5.69 Å². The Hall–Kier alpha value is -2.96. The highest BCUT2D eigenvalue weighted by Crippen LogP contribution is 2.30. The fraction of sp³-hybridized carbons (Fsp3) is 0.455. The van der Waals surface area contributed by atoms with Crippen LogP contribution in [-0.4, -0.2) is 57.4 Å². The monoisotopic (exact) mass is 397 g/mol. The van der Waals surface area contributed by atoms with Gasteiger partial charge in [0.1, 0.15) is 11.5 Å². The Balaban J connectivity index is 1.58. The third-order valence-electron chi connectivity index (χ3n) is 4.94. The van der Waals surface area contributed by atoms with E-state index in [0.717, 1.165) is 61.3 Å². The van der Waals surface area contributed by atoms with Crippen molar-refractivity contribution < 1.29 is 9.47 Å². The highest BCUT2D eigenvalue weighted by molar-refractivity contribution is 5.80. The van der Waals surface area contributed by atoms with E-state index in [2.05, 4.69) is 39.6 Å². The molecule has 2 aromatic rings. The third kappa shape index (κ3) is 6.01. The average Bonchev–Trinajstić information content (AvgIpc) is 3.23. The fourth-order valence-corrected chi connectivity index (χ4v) is 3.43. The van der Waals surface area contributed by atoms with E-state index in [1.165, 1.54) is 0 Å². The van der Waals surface area contributed by atoms with E-state index >= 15 is 0 Å². The number of anilines is 1. The first-order valence-corrected chi connectivity index (χ1v) is 10.1. The molecule has 7 nitrogen and oxygen atoms in total. The molecule has 3 rings (SSSR count). The summed E-state index contributed by atoms with van der Waals surface area (Å²) in [5.74, 6) is 2.47. The van der Waals surface area contributed by atoms with E-state index < -0.39 is 0 Å². The number of nitrogens with zero attached hydrogens (tertiary/aromatic N) is 3. The second kappa shape index (κ2) is 10.5. The van der Waals surface area contributed by atoms with Gasteiger partial charge >= 0.3 is 0 Å². The highest BCUT2D eigenvalue weighted by Gasteiger charge is 2.24. The Labute approximate surface area is 173 Å². The zero-order valence-electron chi connectivity index (χ0n) is 17.5. The SMILES string of the molecule is CCNC(=NCCc1ccccn1)NC1CCN(c2cc(OC)cc(OC)c2)C1. The second-order valence-electron chi connectivity index (χ2n) is 6.98. The van der Waals surface area contributed by atoms with E-state index in [1.54, 1.807) is 14.2 Å². The molecule has 0 saturated carbocycles. The van der Waals surface area contributed by atoms with Crippen LogP contribution >= 0.6 is 0 Å². The van der Waals surface area contributed by atoms with Gasteiger partial charge in [-0.05, 0) is 25.5 Å². The largest absolute Gasteiger partial charge is 0.497 e. The molecule has 0 bridgehead atoms. The quantitative estimate of drug-likeness (QED) is 0.527. The van der Waals surface area contributed by atoms with Crippen LogP contribution in [0.5, 0.6) is 11.5 Å². The number of guanidine groups is 1. The molecule has 1 saturated heterocycles. The summed E-state index contributed by atoms with van der Waals surface area (Å²) in [6.45, 7) is 5.50. The van der Waals surface area contributed by atoms with Crippen LogP contribution in [0, 0.1) is 0 Å². The third-order valence-corrected chi connectivity index (χ3v) is 4.94. The number of methoxy groups -OCH3 is 2. The minimum Gasteiger partial charge on any atom is -0.497 e. The first-order valence-electron chi connectivity index (χ1n) is 10.1. The van der Waals surface area contributed by atoms with Crippen LogP contribution in [-0.2, 0) is 6.42 Å². The van der Waals surface area contributed by atoms with E-state index in [4.69, 9.17) is 14.5 Å². The van der Waals surface area contributed by atoms with Crippen LogP contribution in [0.2, 0.25) is 0 Å². The van der Waals surface area contributed by atoms with E-state index in [-0.39, 0.29) is 0 Å². The maximum absolute atomic E-state index is 5.40. The van der Waals surface area contributed by atoms with Crippen LogP contribution in [0.15, 0.2) is 47.6 Å². The second-order valence-corrected chi connectivity index (χ2v) is 6.98. The molecule has 7 heteroatoms. The number of rotatable bonds is 8. The number of ether oxygens (including phenoxy) is 2. The van der Waals surface area contributed by atoms with E-state index in [1.807, 2.05) is 30.5 Å². The van der Waals surface area contributed by atoms with Crippen molar-refractivity contribution in [2.45, 2.75) is 25.8 Å². The molecule has 2 N–H and O–H groups in total. The lowest BCUT2D eigenvalue weighted by molar-refractivity contribution is 0.394. The summed E-state index contributed by atoms with van der Waals surface area (Å²) in [5, 5.41) is 6.92. The lowest BCUT2D eigenvalue weighted by atomic mass is 10.2. The van der Waals surface area contributed by atoms with Gasteiger partial charge in [-0.1, -0.05) is 6.07 Å². The molecule has 1 aliphatic rings. The Morgan fingerprint density at radius 1 is 1.21 bits per heavy atom. The molecule has 1 atom stereocenters. The van der Waals surface area contributed by atoms with E-state index in [0.29, 0.717) is 12.6 Å². The van der Waals surface area contributed by atoms with Crippen molar-refractivity contribution in [1.29, 1.82) is 0 Å². The first kappa shape index (κ1) is 20.8. The number of pyridine rings is 1. The standard InChI is InChI=1S/C22H31N5O2/c1-4-23-22(25-11-8-17-7-5-6-10-24-17)26-18-9-12-27(16-18)19-13-20(28-2)15-21(14-19)29-3/h5-7,10,13-15,18H,4,8-9,11-12,16H2,1-3H3,(H2,23,25,26). The Kier molecular flexibility index (Phi) is 7.55. The molecule has 29 heavy (non-hydrogen) atoms. The molecule has 1 aromatic heterocycles. The van der Waals surface area contributed by atoms with Gasteiger partial charge in [0.25, 0.3) is 0 Å². The Morgan fingerprint density at radius 3 is 2.66 bits per heavy atom. The Morgan fingerprint density at radius 2 is 2.00 bits per heavy atom. The molecule has 0 radical (unpaired) electrons. The number of aromatic nitrogens is 1. The van der Waals surface area contributed by atoms with E-state index in [9.17, 15) is 0 Å². The first-order chi connectivity index (χ1) is 14.2. The molecule has 0 amide bonds. The molecule has 0 aliphatic carbocycles. The minimum absolute atomic E-state index is 0.333. The molecule has 156 valence electrons. The summed E-state index contributed by atoms with van der Waals surface area (Å²) in [6.07, 6.45) is 3.70. The topological polar surface area (TPSA) is 71.0 Å². The Bertz CT molecular complexity index is 775. The lowest BCUT2D eigenvalue weighted by Crippen LogP contribution is -2.44. The normalized spacial score (nSPS) is 16.6. The van der Waals surface area contributed by atoms with Gasteiger partial charge in [0.15, 0.2) is 5.96 Å². The average molecular weight is 398 g/mol. The van der Waals surface area contributed by atoms with Gasteiger partial charge in [-0.15, -0.1) is 0 Å². The van der Waals surface area contributed by atoms with Crippen LogP contribution in [0.25, 0.3) is 0 Å². The number of benzene rings is 1. The predicted molar refractivity (Wildman–Crippen MR) is 117 cm³/mol. The van der Waals surface area contributed by atoms with Gasteiger partial charge < -0.3 is 25.0 Å². The maximum Gasteiger partial charge on any atom is 0.191 e. The van der Waals surface area contributed by atoms with Crippen molar-refractivity contribution in [3.8, 4) is 11.5 Å². The van der Waals surface area contributed by atoms with Gasteiger partial charge in [0.05, 0.1) is 14.2 Å². The van der Waals surface area contributed by atoms with Gasteiger partial charge in [-0.25, -0.2) is 0 Å². The number of hydrogen-bond acceptors (Lipinski definition) is 5. The van der Waals surface area contributed by atoms with Crippen molar-refractivity contribution in [3.63, 3.8) is 0 Å². The zero-order valence-corrected chi connectivity index (χ0v) is 17.5. The van der Waals surface area contributed by atoms with Crippen molar-refractivity contribution in [3.05, 3.63) is 48.3 Å². The van der Waals surface area contributed by atoms with Crippen LogP contribution in [0.1, 0.15) is 19.0 Å². The fourth-order valence-electron chi connectivity index (χ4n) is 3.43. The summed E-state index contributed by atoms with van der Waals surface area (Å²) in [4.78, 5) is 11.4.